The molecule has 0 bridgehead atoms. The summed E-state index contributed by atoms with van der Waals surface area (Å²) in [6.45, 7) is 4.08. The smallest absolute Gasteiger partial charge is 0.306 e. The number of carbonyl (C=O) groups excluding carboxylic acids is 2. The second-order valence-electron chi connectivity index (χ2n) is 17.9. The van der Waals surface area contributed by atoms with Crippen molar-refractivity contribution < 1.29 is 42.1 Å². The topological polar surface area (TPSA) is 111 Å². The van der Waals surface area contributed by atoms with E-state index in [4.69, 9.17) is 18.5 Å². The first-order valence-electron chi connectivity index (χ1n) is 24.9. The van der Waals surface area contributed by atoms with Crippen LogP contribution in [-0.4, -0.2) is 70.0 Å². The fourth-order valence-electron chi connectivity index (χ4n) is 6.84. The van der Waals surface area contributed by atoms with Gasteiger partial charge in [0.1, 0.15) is 19.8 Å². The monoisotopic (exact) mass is 880 g/mol. The molecule has 0 saturated heterocycles. The lowest BCUT2D eigenvalue weighted by Crippen LogP contribution is -2.37. The number of quaternary nitrogens is 1. The summed E-state index contributed by atoms with van der Waals surface area (Å²) in [4.78, 5) is 37.6. The maximum absolute atomic E-state index is 12.7. The summed E-state index contributed by atoms with van der Waals surface area (Å²) >= 11 is 0. The van der Waals surface area contributed by atoms with Crippen molar-refractivity contribution in [2.75, 3.05) is 47.5 Å². The van der Waals surface area contributed by atoms with Crippen LogP contribution in [0.15, 0.2) is 48.6 Å². The van der Waals surface area contributed by atoms with Gasteiger partial charge in [0.2, 0.25) is 0 Å². The molecule has 356 valence electrons. The molecule has 0 heterocycles. The standard InChI is InChI=1S/C51H94NO8P/c1-6-8-10-12-14-16-18-20-22-23-24-25-26-27-28-30-31-33-35-37-39-41-43-50(53)57-47-49(48-59-61(55,56)58-46-45-52(3,4)5)60-51(54)44-42-40-38-36-34-32-29-21-19-17-15-13-11-9-7-2/h9,11,13,15,17,19,21,29,49H,6-8,10,12,14,16,18,20,22-28,30-48H2,1-5H3/b11-9+,15-13+,19-17+,29-21+/t49-/m1/s1. The van der Waals surface area contributed by atoms with Crippen LogP contribution in [0.4, 0.5) is 0 Å². The minimum atomic E-state index is -4.63. The molecule has 0 amide bonds. The molecule has 2 atom stereocenters. The fourth-order valence-corrected chi connectivity index (χ4v) is 7.57. The Bertz CT molecular complexity index is 1180. The first kappa shape index (κ1) is 59.0. The summed E-state index contributed by atoms with van der Waals surface area (Å²) in [6, 6.07) is 0. The SMILES string of the molecule is CC/C=C/C=C/C=C/C=C/CCCCCCCC(=O)O[C@H](COC(=O)CCCCCCCCCCCCCCCCCCCCCCCC)COP(=O)([O-])OCC[N+](C)(C)C. The highest BCUT2D eigenvalue weighted by Crippen LogP contribution is 2.38. The number of likely N-dealkylation sites (N-methyl/N-ethyl adjacent to an activating group) is 1. The number of hydrogen-bond donors (Lipinski definition) is 0. The maximum Gasteiger partial charge on any atom is 0.306 e. The molecule has 0 spiro atoms. The van der Waals surface area contributed by atoms with E-state index in [1.54, 1.807) is 0 Å². The molecular weight excluding hydrogens is 786 g/mol. The van der Waals surface area contributed by atoms with Gasteiger partial charge in [-0.3, -0.25) is 14.2 Å². The third kappa shape index (κ3) is 47.3. The van der Waals surface area contributed by atoms with Crippen LogP contribution in [0.3, 0.4) is 0 Å². The van der Waals surface area contributed by atoms with Crippen LogP contribution >= 0.6 is 7.82 Å². The number of phosphoric ester groups is 1. The Labute approximate surface area is 375 Å². The van der Waals surface area contributed by atoms with Crippen LogP contribution in [-0.2, 0) is 32.7 Å². The second kappa shape index (κ2) is 43.2. The number of unbranched alkanes of at least 4 members (excludes halogenated alkanes) is 26. The van der Waals surface area contributed by atoms with Crippen molar-refractivity contribution >= 4 is 19.8 Å². The van der Waals surface area contributed by atoms with Crippen molar-refractivity contribution in [3.8, 4) is 0 Å². The summed E-state index contributed by atoms with van der Waals surface area (Å²) in [6.07, 6.45) is 51.5. The van der Waals surface area contributed by atoms with E-state index in [1.807, 2.05) is 51.5 Å². The number of hydrogen-bond acceptors (Lipinski definition) is 8. The summed E-state index contributed by atoms with van der Waals surface area (Å²) < 4.78 is 34.0. The molecule has 1 unspecified atom stereocenters. The van der Waals surface area contributed by atoms with E-state index in [2.05, 4.69) is 32.1 Å². The minimum absolute atomic E-state index is 0.0363. The molecular formula is C51H94NO8P. The molecule has 0 aromatic heterocycles. The van der Waals surface area contributed by atoms with Crippen molar-refractivity contribution in [1.29, 1.82) is 0 Å². The van der Waals surface area contributed by atoms with Crippen molar-refractivity contribution in [3.63, 3.8) is 0 Å². The first-order valence-corrected chi connectivity index (χ1v) is 26.4. The molecule has 0 radical (unpaired) electrons. The van der Waals surface area contributed by atoms with Gasteiger partial charge in [0.05, 0.1) is 27.7 Å². The lowest BCUT2D eigenvalue weighted by Gasteiger charge is -2.28. The number of esters is 2. The lowest BCUT2D eigenvalue weighted by atomic mass is 10.0. The van der Waals surface area contributed by atoms with E-state index in [1.165, 1.54) is 122 Å². The Morgan fingerprint density at radius 2 is 0.934 bits per heavy atom. The molecule has 61 heavy (non-hydrogen) atoms. The van der Waals surface area contributed by atoms with Crippen molar-refractivity contribution in [2.24, 2.45) is 0 Å². The zero-order chi connectivity index (χ0) is 45.0. The van der Waals surface area contributed by atoms with E-state index in [0.717, 1.165) is 57.8 Å². The van der Waals surface area contributed by atoms with Gasteiger partial charge in [-0.1, -0.05) is 217 Å². The number of rotatable bonds is 45. The van der Waals surface area contributed by atoms with Crippen molar-refractivity contribution in [3.05, 3.63) is 48.6 Å². The average molecular weight is 880 g/mol. The zero-order valence-corrected chi connectivity index (χ0v) is 41.0. The van der Waals surface area contributed by atoms with Gasteiger partial charge in [-0.05, 0) is 32.1 Å². The van der Waals surface area contributed by atoms with E-state index in [9.17, 15) is 19.0 Å². The van der Waals surface area contributed by atoms with Gasteiger partial charge in [0.15, 0.2) is 6.10 Å². The molecule has 10 heteroatoms. The Kier molecular flexibility index (Phi) is 41.8. The first-order chi connectivity index (χ1) is 29.5. The maximum atomic E-state index is 12.7. The van der Waals surface area contributed by atoms with E-state index in [0.29, 0.717) is 17.4 Å². The van der Waals surface area contributed by atoms with Gasteiger partial charge in [-0.25, -0.2) is 0 Å². The molecule has 0 aromatic carbocycles. The van der Waals surface area contributed by atoms with Crippen molar-refractivity contribution in [2.45, 2.75) is 219 Å². The van der Waals surface area contributed by atoms with Gasteiger partial charge < -0.3 is 27.9 Å². The quantitative estimate of drug-likeness (QED) is 0.0195. The number of ether oxygens (including phenoxy) is 2. The van der Waals surface area contributed by atoms with Crippen LogP contribution in [0.5, 0.6) is 0 Å². The Balaban J connectivity index is 4.23. The predicted molar refractivity (Wildman–Crippen MR) is 254 cm³/mol. The molecule has 0 N–H and O–H groups in total. The Morgan fingerprint density at radius 1 is 0.525 bits per heavy atom. The third-order valence-electron chi connectivity index (χ3n) is 10.7. The van der Waals surface area contributed by atoms with Gasteiger partial charge in [0, 0.05) is 12.8 Å². The van der Waals surface area contributed by atoms with Gasteiger partial charge in [0.25, 0.3) is 7.82 Å². The third-order valence-corrected chi connectivity index (χ3v) is 11.7. The minimum Gasteiger partial charge on any atom is -0.756 e. The van der Waals surface area contributed by atoms with Crippen LogP contribution in [0, 0.1) is 0 Å². The zero-order valence-electron chi connectivity index (χ0n) is 40.1. The molecule has 0 saturated carbocycles. The normalized spacial score (nSPS) is 13.9. The summed E-state index contributed by atoms with van der Waals surface area (Å²) in [5.41, 5.74) is 0. The molecule has 0 fully saturated rings. The summed E-state index contributed by atoms with van der Waals surface area (Å²) in [5, 5.41) is 0. The number of nitrogens with zero attached hydrogens (tertiary/aromatic N) is 1. The summed E-state index contributed by atoms with van der Waals surface area (Å²) in [7, 11) is 1.15. The molecule has 9 nitrogen and oxygen atoms in total. The Morgan fingerprint density at radius 3 is 1.39 bits per heavy atom. The van der Waals surface area contributed by atoms with E-state index in [-0.39, 0.29) is 32.0 Å². The number of phosphoric acid groups is 1. The van der Waals surface area contributed by atoms with Gasteiger partial charge >= 0.3 is 11.9 Å². The van der Waals surface area contributed by atoms with E-state index >= 15 is 0 Å². The molecule has 0 aromatic rings. The van der Waals surface area contributed by atoms with E-state index < -0.39 is 26.5 Å². The van der Waals surface area contributed by atoms with Gasteiger partial charge in [-0.15, -0.1) is 0 Å². The average Bonchev–Trinajstić information content (AvgIpc) is 3.21. The highest BCUT2D eigenvalue weighted by atomic mass is 31.2. The fraction of sp³-hybridized carbons (Fsp3) is 0.804. The lowest BCUT2D eigenvalue weighted by molar-refractivity contribution is -0.870. The second-order valence-corrected chi connectivity index (χ2v) is 19.3. The highest BCUT2D eigenvalue weighted by Gasteiger charge is 2.21. The van der Waals surface area contributed by atoms with Crippen LogP contribution in [0.2, 0.25) is 0 Å². The largest absolute Gasteiger partial charge is 0.756 e. The number of carbonyl (C=O) groups is 2. The molecule has 0 rings (SSSR count). The Hall–Kier alpha value is -2.03. The summed E-state index contributed by atoms with van der Waals surface area (Å²) in [5.74, 6) is -0.855. The molecule has 0 aliphatic carbocycles. The predicted octanol–water partition coefficient (Wildman–Crippen LogP) is 14.0. The molecule has 0 aliphatic heterocycles. The van der Waals surface area contributed by atoms with Gasteiger partial charge in [-0.2, -0.15) is 0 Å². The molecule has 0 aliphatic rings. The van der Waals surface area contributed by atoms with Crippen molar-refractivity contribution in [1.82, 2.24) is 0 Å². The van der Waals surface area contributed by atoms with Crippen LogP contribution in [0.25, 0.3) is 0 Å². The van der Waals surface area contributed by atoms with Crippen LogP contribution in [0.1, 0.15) is 213 Å². The number of allylic oxidation sites excluding steroid dienone is 8. The van der Waals surface area contributed by atoms with Crippen LogP contribution < -0.4 is 4.89 Å². The highest BCUT2D eigenvalue weighted by molar-refractivity contribution is 7.45.